The number of hydrogen-bond acceptors (Lipinski definition) is 7. The highest BCUT2D eigenvalue weighted by atomic mass is 16.5. The quantitative estimate of drug-likeness (QED) is 0.120. The largest absolute Gasteiger partial charge is 0.385 e. The van der Waals surface area contributed by atoms with Gasteiger partial charge in [0, 0.05) is 55.4 Å². The van der Waals surface area contributed by atoms with Gasteiger partial charge in [-0.15, -0.1) is 0 Å². The van der Waals surface area contributed by atoms with Crippen LogP contribution in [0.3, 0.4) is 0 Å². The molecular weight excluding hydrogens is 612 g/mol. The van der Waals surface area contributed by atoms with E-state index in [-0.39, 0.29) is 18.7 Å². The molecule has 1 aromatic carbocycles. The van der Waals surface area contributed by atoms with Crippen LogP contribution in [-0.2, 0) is 32.0 Å². The summed E-state index contributed by atoms with van der Waals surface area (Å²) in [6.07, 6.45) is 12.3. The van der Waals surface area contributed by atoms with E-state index in [0.29, 0.717) is 56.5 Å². The number of aromatic amines is 3. The van der Waals surface area contributed by atoms with Gasteiger partial charge in [-0.05, 0) is 36.5 Å². The third kappa shape index (κ3) is 8.50. The molecule has 4 atom stereocenters. The number of benzene rings is 1. The molecule has 3 amide bonds. The molecule has 1 saturated carbocycles. The van der Waals surface area contributed by atoms with Crippen LogP contribution < -0.4 is 10.6 Å². The van der Waals surface area contributed by atoms with Crippen LogP contribution in [0.2, 0.25) is 0 Å². The van der Waals surface area contributed by atoms with Crippen molar-refractivity contribution in [1.29, 1.82) is 0 Å². The first kappa shape index (κ1) is 33.4. The Morgan fingerprint density at radius 3 is 2.56 bits per heavy atom. The van der Waals surface area contributed by atoms with E-state index in [4.69, 9.17) is 4.74 Å². The zero-order chi connectivity index (χ0) is 33.3. The molecule has 0 spiro atoms. The summed E-state index contributed by atoms with van der Waals surface area (Å²) in [7, 11) is 0. The molecular formula is C35H46N8O5. The van der Waals surface area contributed by atoms with Gasteiger partial charge in [0.15, 0.2) is 0 Å². The van der Waals surface area contributed by atoms with Crippen molar-refractivity contribution in [1.82, 2.24) is 40.7 Å². The first-order chi connectivity index (χ1) is 23.4. The molecule has 13 nitrogen and oxygen atoms in total. The number of morpholine rings is 1. The number of aromatic nitrogens is 5. The fourth-order valence-electron chi connectivity index (χ4n) is 7.06. The topological polar surface area (TPSA) is 181 Å². The van der Waals surface area contributed by atoms with E-state index in [2.05, 4.69) is 35.8 Å². The summed E-state index contributed by atoms with van der Waals surface area (Å²) in [4.78, 5) is 54.0. The molecule has 256 valence electrons. The number of fused-ring (bicyclic) bond motifs is 1. The van der Waals surface area contributed by atoms with Crippen molar-refractivity contribution >= 4 is 28.6 Å². The number of carbonyl (C=O) groups is 3. The monoisotopic (exact) mass is 658 g/mol. The number of nitrogens with one attached hydrogen (secondary N) is 5. The Morgan fingerprint density at radius 1 is 1.00 bits per heavy atom. The van der Waals surface area contributed by atoms with Gasteiger partial charge >= 0.3 is 0 Å². The predicted molar refractivity (Wildman–Crippen MR) is 178 cm³/mol. The lowest BCUT2D eigenvalue weighted by atomic mass is 9.83. The van der Waals surface area contributed by atoms with E-state index < -0.39 is 35.9 Å². The third-order valence-electron chi connectivity index (χ3n) is 9.74. The van der Waals surface area contributed by atoms with Crippen LogP contribution in [0.5, 0.6) is 0 Å². The molecule has 2 fully saturated rings. The average molecular weight is 659 g/mol. The van der Waals surface area contributed by atoms with E-state index in [9.17, 15) is 19.5 Å². The molecule has 4 heterocycles. The Kier molecular flexibility index (Phi) is 11.2. The smallest absolute Gasteiger partial charge is 0.243 e. The predicted octanol–water partition coefficient (Wildman–Crippen LogP) is 2.94. The van der Waals surface area contributed by atoms with Crippen LogP contribution in [-0.4, -0.2) is 91.3 Å². The second-order valence-electron chi connectivity index (χ2n) is 13.1. The molecule has 0 unspecified atom stereocenters. The van der Waals surface area contributed by atoms with Crippen LogP contribution in [0.1, 0.15) is 68.0 Å². The number of carbonyl (C=O) groups excluding carboxylic acids is 3. The maximum atomic E-state index is 14.2. The van der Waals surface area contributed by atoms with Crippen LogP contribution in [0.15, 0.2) is 55.2 Å². The van der Waals surface area contributed by atoms with Gasteiger partial charge in [-0.2, -0.15) is 5.10 Å². The number of aliphatic hydroxyl groups is 1. The van der Waals surface area contributed by atoms with Crippen molar-refractivity contribution in [2.75, 3.05) is 26.3 Å². The Balaban J connectivity index is 1.23. The fraction of sp³-hybridized carbons (Fsp3) is 0.514. The van der Waals surface area contributed by atoms with Gasteiger partial charge in [-0.1, -0.05) is 50.3 Å². The first-order valence-electron chi connectivity index (χ1n) is 17.1. The lowest BCUT2D eigenvalue weighted by Crippen LogP contribution is -2.54. The summed E-state index contributed by atoms with van der Waals surface area (Å²) >= 11 is 0. The van der Waals surface area contributed by atoms with Crippen LogP contribution in [0.4, 0.5) is 0 Å². The molecule has 1 saturated heterocycles. The van der Waals surface area contributed by atoms with Crippen molar-refractivity contribution in [3.8, 4) is 0 Å². The van der Waals surface area contributed by atoms with Crippen LogP contribution in [0, 0.1) is 11.8 Å². The molecule has 6 N–H and O–H groups in total. The molecule has 6 rings (SSSR count). The summed E-state index contributed by atoms with van der Waals surface area (Å²) in [5.74, 6) is -1.31. The maximum Gasteiger partial charge on any atom is 0.243 e. The first-order valence-corrected chi connectivity index (χ1v) is 17.1. The highest BCUT2D eigenvalue weighted by Crippen LogP contribution is 2.31. The second-order valence-corrected chi connectivity index (χ2v) is 13.1. The number of ether oxygens (including phenoxy) is 1. The highest BCUT2D eigenvalue weighted by molar-refractivity contribution is 5.92. The zero-order valence-electron chi connectivity index (χ0n) is 27.2. The molecule has 13 heteroatoms. The zero-order valence-corrected chi connectivity index (χ0v) is 27.2. The Labute approximate surface area is 279 Å². The second kappa shape index (κ2) is 16.1. The van der Waals surface area contributed by atoms with E-state index in [1.807, 2.05) is 30.5 Å². The van der Waals surface area contributed by atoms with Crippen molar-refractivity contribution < 1.29 is 24.2 Å². The number of imidazole rings is 1. The van der Waals surface area contributed by atoms with Gasteiger partial charge in [0.1, 0.15) is 12.1 Å². The SMILES string of the molecule is O=C(N[C@@H](Cc1c[nH]cn1)C(=O)N[C@@H](CC1CCCCC1)[C@@H](O)c1cc[nH]n1)[C@@H](CC(=O)N1CCOCC1)Cc1c[nH]c2ccccc12. The molecule has 3 aromatic heterocycles. The van der Waals surface area contributed by atoms with E-state index in [0.717, 1.165) is 42.1 Å². The van der Waals surface area contributed by atoms with Crippen LogP contribution in [0.25, 0.3) is 10.9 Å². The standard InChI is InChI=1S/C35H46N8O5/c44-32(43-12-14-48-15-13-43)18-24(17-25-20-37-28-9-5-4-8-27(25)28)34(46)41-31(19-26-21-36-22-38-26)35(47)40-30(16-23-6-2-1-3-7-23)33(45)29-10-11-39-42-29/h4-5,8-11,20-24,30-31,33,37,45H,1-3,6-7,12-19H2,(H,36,38)(H,39,42)(H,40,47)(H,41,46)/t24-,30+,31+,33+/m1/s1. The third-order valence-corrected chi connectivity index (χ3v) is 9.74. The van der Waals surface area contributed by atoms with E-state index in [1.54, 1.807) is 23.4 Å². The van der Waals surface area contributed by atoms with E-state index >= 15 is 0 Å². The van der Waals surface area contributed by atoms with Gasteiger partial charge in [0.05, 0.1) is 42.9 Å². The number of nitrogens with zero attached hydrogens (tertiary/aromatic N) is 3. The van der Waals surface area contributed by atoms with Gasteiger partial charge < -0.3 is 35.3 Å². The minimum atomic E-state index is -1.02. The lowest BCUT2D eigenvalue weighted by molar-refractivity contribution is -0.140. The lowest BCUT2D eigenvalue weighted by Gasteiger charge is -2.31. The van der Waals surface area contributed by atoms with Gasteiger partial charge in [-0.25, -0.2) is 4.98 Å². The normalized spacial score (nSPS) is 18.2. The number of H-pyrrole nitrogens is 3. The minimum absolute atomic E-state index is 0.00966. The van der Waals surface area contributed by atoms with Crippen molar-refractivity contribution in [3.63, 3.8) is 0 Å². The molecule has 0 bridgehead atoms. The van der Waals surface area contributed by atoms with Crippen LogP contribution >= 0.6 is 0 Å². The molecule has 4 aromatic rings. The Hall–Kier alpha value is -4.49. The Morgan fingerprint density at radius 2 is 1.81 bits per heavy atom. The van der Waals surface area contributed by atoms with Crippen molar-refractivity contribution in [2.45, 2.75) is 76.0 Å². The maximum absolute atomic E-state index is 14.2. The number of aliphatic hydroxyl groups excluding tert-OH is 1. The highest BCUT2D eigenvalue weighted by Gasteiger charge is 2.34. The molecule has 1 aliphatic carbocycles. The summed E-state index contributed by atoms with van der Waals surface area (Å²) in [6.45, 7) is 1.88. The van der Waals surface area contributed by atoms with Gasteiger partial charge in [0.2, 0.25) is 17.7 Å². The fourth-order valence-corrected chi connectivity index (χ4v) is 7.06. The molecule has 48 heavy (non-hydrogen) atoms. The summed E-state index contributed by atoms with van der Waals surface area (Å²) in [6, 6.07) is 7.95. The summed E-state index contributed by atoms with van der Waals surface area (Å²) in [5, 5.41) is 25.3. The van der Waals surface area contributed by atoms with Gasteiger partial charge in [-0.3, -0.25) is 19.5 Å². The molecule has 1 aliphatic heterocycles. The van der Waals surface area contributed by atoms with Gasteiger partial charge in [0.25, 0.3) is 0 Å². The molecule has 2 aliphatic rings. The Bertz CT molecular complexity index is 1610. The summed E-state index contributed by atoms with van der Waals surface area (Å²) < 4.78 is 5.43. The number of hydrogen-bond donors (Lipinski definition) is 6. The van der Waals surface area contributed by atoms with Crippen molar-refractivity contribution in [2.24, 2.45) is 11.8 Å². The van der Waals surface area contributed by atoms with E-state index in [1.165, 1.54) is 12.7 Å². The minimum Gasteiger partial charge on any atom is -0.385 e. The molecule has 0 radical (unpaired) electrons. The number of amides is 3. The number of rotatable bonds is 14. The van der Waals surface area contributed by atoms with Crippen molar-refractivity contribution in [3.05, 3.63) is 72.2 Å². The number of para-hydroxylation sites is 1. The summed E-state index contributed by atoms with van der Waals surface area (Å²) in [5.41, 5.74) is 2.92. The average Bonchev–Trinajstić information content (AvgIpc) is 3.91.